The van der Waals surface area contributed by atoms with Gasteiger partial charge in [-0.2, -0.15) is 0 Å². The predicted molar refractivity (Wildman–Crippen MR) is 69.6 cm³/mol. The lowest BCUT2D eigenvalue weighted by molar-refractivity contribution is 0.102. The van der Waals surface area contributed by atoms with E-state index in [0.29, 0.717) is 22.7 Å². The van der Waals surface area contributed by atoms with Gasteiger partial charge in [-0.05, 0) is 26.0 Å². The van der Waals surface area contributed by atoms with Crippen molar-refractivity contribution in [2.24, 2.45) is 5.16 Å². The molecule has 0 aliphatic heterocycles. The summed E-state index contributed by atoms with van der Waals surface area (Å²) in [4.78, 5) is 12.0. The van der Waals surface area contributed by atoms with E-state index in [1.54, 1.807) is 38.1 Å². The predicted octanol–water partition coefficient (Wildman–Crippen LogP) is 2.43. The molecule has 1 heterocycles. The Kier molecular flexibility index (Phi) is 3.61. The molecular weight excluding hydrogens is 246 g/mol. The highest BCUT2D eigenvalue weighted by atomic mass is 16.5. The number of nitrogens with zero attached hydrogens (tertiary/aromatic N) is 2. The van der Waals surface area contributed by atoms with Crippen LogP contribution >= 0.6 is 0 Å². The number of carbonyl (C=O) groups excluding carboxylic acids is 1. The highest BCUT2D eigenvalue weighted by Gasteiger charge is 2.13. The summed E-state index contributed by atoms with van der Waals surface area (Å²) in [6.07, 6.45) is 1.37. The summed E-state index contributed by atoms with van der Waals surface area (Å²) in [6, 6.07) is 7.01. The van der Waals surface area contributed by atoms with Crippen LogP contribution in [0.2, 0.25) is 0 Å². The van der Waals surface area contributed by atoms with Crippen LogP contribution in [-0.4, -0.2) is 22.0 Å². The van der Waals surface area contributed by atoms with Gasteiger partial charge in [-0.3, -0.25) is 4.79 Å². The number of benzene rings is 1. The summed E-state index contributed by atoms with van der Waals surface area (Å²) in [5.41, 5.74) is 2.18. The van der Waals surface area contributed by atoms with Crippen LogP contribution in [0, 0.1) is 6.92 Å². The lowest BCUT2D eigenvalue weighted by Crippen LogP contribution is -2.12. The first-order valence-electron chi connectivity index (χ1n) is 5.63. The largest absolute Gasteiger partial charge is 0.411 e. The van der Waals surface area contributed by atoms with E-state index in [2.05, 4.69) is 15.6 Å². The monoisotopic (exact) mass is 259 g/mol. The Morgan fingerprint density at radius 2 is 2.26 bits per heavy atom. The van der Waals surface area contributed by atoms with Gasteiger partial charge in [-0.15, -0.1) is 0 Å². The Balaban J connectivity index is 2.20. The SMILES string of the molecule is C/C(=N\O)c1cccc(NC(=O)c2cnoc2C)c1. The highest BCUT2D eigenvalue weighted by molar-refractivity contribution is 6.05. The van der Waals surface area contributed by atoms with Crippen molar-refractivity contribution >= 4 is 17.3 Å². The molecule has 1 aromatic heterocycles. The lowest BCUT2D eigenvalue weighted by atomic mass is 10.1. The molecule has 0 aliphatic carbocycles. The minimum absolute atomic E-state index is 0.297. The van der Waals surface area contributed by atoms with Gasteiger partial charge >= 0.3 is 0 Å². The summed E-state index contributed by atoms with van der Waals surface area (Å²) < 4.78 is 4.84. The van der Waals surface area contributed by atoms with E-state index in [-0.39, 0.29) is 5.91 Å². The average Bonchev–Trinajstić information content (AvgIpc) is 2.84. The standard InChI is InChI=1S/C13H13N3O3/c1-8(16-18)10-4-3-5-11(6-10)15-13(17)12-7-14-19-9(12)2/h3-7,18H,1-2H3,(H,15,17)/b16-8+. The second-order valence-corrected chi connectivity index (χ2v) is 4.02. The molecule has 6 nitrogen and oxygen atoms in total. The van der Waals surface area contributed by atoms with Crippen molar-refractivity contribution in [2.45, 2.75) is 13.8 Å². The number of rotatable bonds is 3. The van der Waals surface area contributed by atoms with E-state index in [1.165, 1.54) is 6.20 Å². The molecule has 0 aliphatic rings. The maximum atomic E-state index is 12.0. The molecule has 0 unspecified atom stereocenters. The molecule has 1 amide bonds. The summed E-state index contributed by atoms with van der Waals surface area (Å²) in [6.45, 7) is 3.34. The highest BCUT2D eigenvalue weighted by Crippen LogP contribution is 2.14. The fraction of sp³-hybridized carbons (Fsp3) is 0.154. The van der Waals surface area contributed by atoms with Gasteiger partial charge in [0.2, 0.25) is 0 Å². The summed E-state index contributed by atoms with van der Waals surface area (Å²) in [5, 5.41) is 18.1. The van der Waals surface area contributed by atoms with Gasteiger partial charge in [0.1, 0.15) is 11.3 Å². The molecule has 2 rings (SSSR count). The number of amides is 1. The van der Waals surface area contributed by atoms with Crippen LogP contribution in [0.3, 0.4) is 0 Å². The van der Waals surface area contributed by atoms with Gasteiger partial charge in [-0.1, -0.05) is 22.4 Å². The minimum atomic E-state index is -0.297. The van der Waals surface area contributed by atoms with Gasteiger partial charge in [0.15, 0.2) is 0 Å². The average molecular weight is 259 g/mol. The van der Waals surface area contributed by atoms with Crippen molar-refractivity contribution in [1.82, 2.24) is 5.16 Å². The zero-order valence-corrected chi connectivity index (χ0v) is 10.5. The third kappa shape index (κ3) is 2.79. The zero-order valence-electron chi connectivity index (χ0n) is 10.5. The molecule has 0 bridgehead atoms. The van der Waals surface area contributed by atoms with Crippen LogP contribution in [0.1, 0.15) is 28.6 Å². The molecule has 6 heteroatoms. The number of aryl methyl sites for hydroxylation is 1. The van der Waals surface area contributed by atoms with Crippen molar-refractivity contribution in [3.05, 3.63) is 47.3 Å². The summed E-state index contributed by atoms with van der Waals surface area (Å²) >= 11 is 0. The van der Waals surface area contributed by atoms with Crippen LogP contribution in [0.15, 0.2) is 40.1 Å². The van der Waals surface area contributed by atoms with Crippen molar-refractivity contribution in [3.8, 4) is 0 Å². The number of aromatic nitrogens is 1. The summed E-state index contributed by atoms with van der Waals surface area (Å²) in [7, 11) is 0. The van der Waals surface area contributed by atoms with Crippen molar-refractivity contribution in [2.75, 3.05) is 5.32 Å². The van der Waals surface area contributed by atoms with Crippen LogP contribution < -0.4 is 5.32 Å². The number of anilines is 1. The molecule has 0 saturated carbocycles. The normalized spacial score (nSPS) is 11.4. The molecule has 0 atom stereocenters. The van der Waals surface area contributed by atoms with Crippen molar-refractivity contribution < 1.29 is 14.5 Å². The second-order valence-electron chi connectivity index (χ2n) is 4.02. The maximum absolute atomic E-state index is 12.0. The quantitative estimate of drug-likeness (QED) is 0.503. The molecule has 2 N–H and O–H groups in total. The molecule has 0 radical (unpaired) electrons. The van der Waals surface area contributed by atoms with Crippen LogP contribution in [0.25, 0.3) is 0 Å². The fourth-order valence-corrected chi connectivity index (χ4v) is 1.59. The molecule has 2 aromatic rings. The van der Waals surface area contributed by atoms with E-state index in [0.717, 1.165) is 5.56 Å². The van der Waals surface area contributed by atoms with Gasteiger partial charge in [0.25, 0.3) is 5.91 Å². The minimum Gasteiger partial charge on any atom is -0.411 e. The smallest absolute Gasteiger partial charge is 0.260 e. The molecular formula is C13H13N3O3. The van der Waals surface area contributed by atoms with E-state index in [1.807, 2.05) is 0 Å². The molecule has 19 heavy (non-hydrogen) atoms. The van der Waals surface area contributed by atoms with E-state index >= 15 is 0 Å². The van der Waals surface area contributed by atoms with Gasteiger partial charge < -0.3 is 15.0 Å². The first kappa shape index (κ1) is 12.8. The Morgan fingerprint density at radius 1 is 1.47 bits per heavy atom. The van der Waals surface area contributed by atoms with E-state index in [4.69, 9.17) is 9.73 Å². The van der Waals surface area contributed by atoms with E-state index < -0.39 is 0 Å². The lowest BCUT2D eigenvalue weighted by Gasteiger charge is -2.06. The Morgan fingerprint density at radius 3 is 2.89 bits per heavy atom. The third-order valence-corrected chi connectivity index (χ3v) is 2.68. The van der Waals surface area contributed by atoms with Gasteiger partial charge in [0.05, 0.1) is 11.9 Å². The third-order valence-electron chi connectivity index (χ3n) is 2.68. The van der Waals surface area contributed by atoms with Crippen molar-refractivity contribution in [1.29, 1.82) is 0 Å². The number of hydrogen-bond donors (Lipinski definition) is 2. The summed E-state index contributed by atoms with van der Waals surface area (Å²) in [5.74, 6) is 0.163. The Hall–Kier alpha value is -2.63. The zero-order chi connectivity index (χ0) is 13.8. The molecule has 98 valence electrons. The second kappa shape index (κ2) is 5.34. The fourth-order valence-electron chi connectivity index (χ4n) is 1.59. The van der Waals surface area contributed by atoms with Gasteiger partial charge in [-0.25, -0.2) is 0 Å². The molecule has 0 saturated heterocycles. The number of hydrogen-bond acceptors (Lipinski definition) is 5. The Bertz CT molecular complexity index is 632. The van der Waals surface area contributed by atoms with Gasteiger partial charge in [0, 0.05) is 11.3 Å². The Labute approximate surface area is 109 Å². The van der Waals surface area contributed by atoms with E-state index in [9.17, 15) is 4.79 Å². The number of nitrogens with one attached hydrogen (secondary N) is 1. The molecule has 1 aromatic carbocycles. The first-order valence-corrected chi connectivity index (χ1v) is 5.63. The van der Waals surface area contributed by atoms with Crippen LogP contribution in [-0.2, 0) is 0 Å². The molecule has 0 spiro atoms. The maximum Gasteiger partial charge on any atom is 0.260 e. The topological polar surface area (TPSA) is 87.7 Å². The first-order chi connectivity index (χ1) is 9.11. The number of oxime groups is 1. The van der Waals surface area contributed by atoms with Crippen molar-refractivity contribution in [3.63, 3.8) is 0 Å². The van der Waals surface area contributed by atoms with Crippen LogP contribution in [0.5, 0.6) is 0 Å². The molecule has 0 fully saturated rings. The number of carbonyl (C=O) groups is 1. The van der Waals surface area contributed by atoms with Crippen LogP contribution in [0.4, 0.5) is 5.69 Å².